The van der Waals surface area contributed by atoms with Crippen LogP contribution in [0.15, 0.2) is 449 Å². The van der Waals surface area contributed by atoms with Crippen LogP contribution in [0.5, 0.6) is 0 Å². The normalized spacial score (nSPS) is 11.1. The molecule has 0 unspecified atom stereocenters. The van der Waals surface area contributed by atoms with E-state index in [1.165, 1.54) is 0 Å². The Morgan fingerprint density at radius 3 is 0.686 bits per heavy atom. The maximum atomic E-state index is 5.00. The molecule has 8 heterocycles. The quantitative estimate of drug-likeness (QED) is 0.0791. The van der Waals surface area contributed by atoms with E-state index < -0.39 is 0 Å². The first kappa shape index (κ1) is 85.0. The van der Waals surface area contributed by atoms with E-state index in [1.54, 1.807) is 40.2 Å². The van der Waals surface area contributed by atoms with Crippen molar-refractivity contribution in [3.63, 3.8) is 0 Å². The molecule has 0 radical (unpaired) electrons. The summed E-state index contributed by atoms with van der Waals surface area (Å²) in [5.41, 5.74) is 29.9. The first-order valence-electron chi connectivity index (χ1n) is 45.0. The van der Waals surface area contributed by atoms with Crippen molar-refractivity contribution in [2.45, 2.75) is 13.8 Å². The Balaban J connectivity index is 0.000000119. The van der Waals surface area contributed by atoms with E-state index in [-0.39, 0.29) is 0 Å². The van der Waals surface area contributed by atoms with Crippen LogP contribution in [-0.4, -0.2) is 69.8 Å². The highest BCUT2D eigenvalue weighted by Gasteiger charge is 2.24. The van der Waals surface area contributed by atoms with Gasteiger partial charge in [0.2, 0.25) is 0 Å². The third-order valence-electron chi connectivity index (χ3n) is 23.7. The SMILES string of the molecule is Cc1ccc(-c2cc(-c3nc(-c4ccccc4)nc(-c4ccccc4)n3)ccc2-c2ccc3nc(-c4ccccc4)sc3c2)c(C)n1.c1ccc(-c2nc(-c3ccccc3)nc(-c3ccc(-c4ccc5nc(-c6ccccc6)sc5c4)c(-c4ccccc4)c3)n2)cc1.c1ccc(-c2nc(-c3ccccc3)nc(-c3ccc(-c4ccc5nc(-c6ccccc6)sc5c4)c(-c4cccnc4)c3)n2)cc1. The van der Waals surface area contributed by atoms with Crippen LogP contribution in [-0.2, 0) is 0 Å². The van der Waals surface area contributed by atoms with E-state index in [9.17, 15) is 0 Å². The molecule has 0 aliphatic rings. The molecule has 0 spiro atoms. The first-order chi connectivity index (χ1) is 67.6. The Morgan fingerprint density at radius 2 is 0.401 bits per heavy atom. The summed E-state index contributed by atoms with van der Waals surface area (Å²) in [6.45, 7) is 4.10. The fourth-order valence-electron chi connectivity index (χ4n) is 16.8. The molecule has 8 aromatic heterocycles. The van der Waals surface area contributed by atoms with Gasteiger partial charge in [-0.25, -0.2) is 59.8 Å². The van der Waals surface area contributed by atoms with Crippen molar-refractivity contribution in [3.8, 4) is 201 Å². The lowest BCUT2D eigenvalue weighted by molar-refractivity contribution is 1.07. The summed E-state index contributed by atoms with van der Waals surface area (Å²) in [7, 11) is 0. The van der Waals surface area contributed by atoms with Gasteiger partial charge in [-0.1, -0.05) is 370 Å². The second-order valence-corrected chi connectivity index (χ2v) is 35.9. The molecule has 648 valence electrons. The highest BCUT2D eigenvalue weighted by molar-refractivity contribution is 7.22. The molecule has 0 bridgehead atoms. The minimum absolute atomic E-state index is 0.616. The third kappa shape index (κ3) is 18.7. The molecule has 24 rings (SSSR count). The van der Waals surface area contributed by atoms with Gasteiger partial charge in [0.05, 0.1) is 30.6 Å². The smallest absolute Gasteiger partial charge is 0.164 e. The molecular weight excluding hydrogens is 1730 g/mol. The summed E-state index contributed by atoms with van der Waals surface area (Å²) in [4.78, 5) is 68.5. The summed E-state index contributed by atoms with van der Waals surface area (Å²) < 4.78 is 3.45. The van der Waals surface area contributed by atoms with Gasteiger partial charge in [-0.15, -0.1) is 34.0 Å². The maximum absolute atomic E-state index is 5.00. The Morgan fingerprint density at radius 1 is 0.161 bits per heavy atom. The van der Waals surface area contributed by atoms with Crippen LogP contribution in [0.1, 0.15) is 11.4 Å². The summed E-state index contributed by atoms with van der Waals surface area (Å²) in [5, 5.41) is 3.06. The Bertz CT molecular complexity index is 7940. The van der Waals surface area contributed by atoms with Crippen LogP contribution < -0.4 is 0 Å². The van der Waals surface area contributed by atoms with Crippen LogP contribution in [0, 0.1) is 13.8 Å². The van der Waals surface area contributed by atoms with E-state index in [0.29, 0.717) is 52.4 Å². The molecule has 0 saturated carbocycles. The Kier molecular flexibility index (Phi) is 24.1. The van der Waals surface area contributed by atoms with E-state index in [0.717, 1.165) is 191 Å². The largest absolute Gasteiger partial charge is 0.264 e. The lowest BCUT2D eigenvalue weighted by atomic mass is 9.91. The minimum atomic E-state index is 0.616. The highest BCUT2D eigenvalue weighted by Crippen LogP contribution is 2.45. The number of fused-ring (bicyclic) bond motifs is 3. The zero-order valence-corrected chi connectivity index (χ0v) is 76.7. The van der Waals surface area contributed by atoms with Crippen molar-refractivity contribution in [2.24, 2.45) is 0 Å². The number of aromatic nitrogens is 14. The molecule has 0 saturated heterocycles. The lowest BCUT2D eigenvalue weighted by Gasteiger charge is -2.15. The van der Waals surface area contributed by atoms with Crippen molar-refractivity contribution in [3.05, 3.63) is 461 Å². The Hall–Kier alpha value is -17.5. The van der Waals surface area contributed by atoms with Crippen LogP contribution >= 0.6 is 34.0 Å². The van der Waals surface area contributed by atoms with E-state index in [2.05, 4.69) is 224 Å². The lowest BCUT2D eigenvalue weighted by Crippen LogP contribution is -2.01. The van der Waals surface area contributed by atoms with E-state index >= 15 is 0 Å². The molecule has 24 aromatic rings. The average Bonchev–Trinajstić information content (AvgIpc) is 1.76. The highest BCUT2D eigenvalue weighted by atomic mass is 32.1. The second-order valence-electron chi connectivity index (χ2n) is 32.8. The maximum Gasteiger partial charge on any atom is 0.164 e. The number of hydrogen-bond acceptors (Lipinski definition) is 17. The van der Waals surface area contributed by atoms with Gasteiger partial charge in [0.25, 0.3) is 0 Å². The summed E-state index contributed by atoms with van der Waals surface area (Å²) >= 11 is 5.15. The van der Waals surface area contributed by atoms with Gasteiger partial charge in [-0.3, -0.25) is 9.97 Å². The van der Waals surface area contributed by atoms with Gasteiger partial charge in [-0.05, 0) is 136 Å². The van der Waals surface area contributed by atoms with E-state index in [4.69, 9.17) is 64.8 Å². The molecular formula is C120H80N14S3. The zero-order valence-electron chi connectivity index (χ0n) is 74.2. The summed E-state index contributed by atoms with van der Waals surface area (Å²) in [6, 6.07) is 149. The number of rotatable bonds is 18. The standard InChI is InChI=1S/C41H29N5S.C40H26N4S.C39H25N5S/c1-26-18-21-33(27(2)42-26)35-24-32(40-45-38(28-12-6-3-7-13-28)44-39(46-40)29-14-8-4-9-15-29)19-22-34(35)31-20-23-36-37(25-31)47-41(43-36)30-16-10-5-11-17-30;1-5-13-27(14-6-1)34-25-32(39-43-37(28-15-7-2-8-16-28)42-38(44-39)29-17-9-3-10-18-29)21-23-33(34)31-22-24-35-36(26-31)45-40(41-35)30-19-11-4-12-20-30;1-4-11-26(12-5-1)36-42-37(27-13-6-2-7-14-27)44-38(43-36)30-18-20-32(33(23-30)31-17-10-22-40-25-31)29-19-21-34-35(24-29)45-39(41-34)28-15-8-3-9-16-28/h3-25H,1-2H3;1-26H;1-25H. The minimum Gasteiger partial charge on any atom is -0.264 e. The van der Waals surface area contributed by atoms with Gasteiger partial charge in [-0.2, -0.15) is 0 Å². The van der Waals surface area contributed by atoms with Crippen LogP contribution in [0.3, 0.4) is 0 Å². The number of thiazole rings is 3. The van der Waals surface area contributed by atoms with Crippen molar-refractivity contribution in [1.29, 1.82) is 0 Å². The second kappa shape index (κ2) is 38.8. The van der Waals surface area contributed by atoms with Gasteiger partial charge >= 0.3 is 0 Å². The van der Waals surface area contributed by atoms with E-state index in [1.807, 2.05) is 238 Å². The van der Waals surface area contributed by atoms with Crippen molar-refractivity contribution in [1.82, 2.24) is 69.8 Å². The first-order valence-corrected chi connectivity index (χ1v) is 47.4. The molecule has 0 N–H and O–H groups in total. The number of nitrogens with zero attached hydrogens (tertiary/aromatic N) is 14. The van der Waals surface area contributed by atoms with Crippen LogP contribution in [0.2, 0.25) is 0 Å². The zero-order chi connectivity index (χ0) is 91.8. The predicted molar refractivity (Wildman–Crippen MR) is 562 cm³/mol. The fraction of sp³-hybridized carbons (Fsp3) is 0.0167. The molecule has 17 heteroatoms. The van der Waals surface area contributed by atoms with Gasteiger partial charge in [0.15, 0.2) is 52.4 Å². The third-order valence-corrected chi connectivity index (χ3v) is 26.9. The summed E-state index contributed by atoms with van der Waals surface area (Å²) in [5.74, 6) is 5.71. The number of hydrogen-bond donors (Lipinski definition) is 0. The van der Waals surface area contributed by atoms with Gasteiger partial charge in [0.1, 0.15) is 15.0 Å². The number of pyridine rings is 2. The molecule has 14 nitrogen and oxygen atoms in total. The van der Waals surface area contributed by atoms with Crippen molar-refractivity contribution in [2.75, 3.05) is 0 Å². The van der Waals surface area contributed by atoms with Crippen molar-refractivity contribution >= 4 is 64.7 Å². The van der Waals surface area contributed by atoms with Gasteiger partial charge < -0.3 is 0 Å². The number of aryl methyl sites for hydroxylation is 2. The van der Waals surface area contributed by atoms with Crippen LogP contribution in [0.4, 0.5) is 0 Å². The average molecular weight is 1810 g/mol. The predicted octanol–water partition coefficient (Wildman–Crippen LogP) is 30.9. The molecule has 0 aliphatic heterocycles. The van der Waals surface area contributed by atoms with Crippen molar-refractivity contribution < 1.29 is 0 Å². The molecule has 0 fully saturated rings. The molecule has 0 amide bonds. The molecule has 16 aromatic carbocycles. The molecule has 0 aliphatic carbocycles. The topological polar surface area (TPSA) is 180 Å². The number of benzene rings is 16. The molecule has 137 heavy (non-hydrogen) atoms. The van der Waals surface area contributed by atoms with Gasteiger partial charge in [0, 0.05) is 102 Å². The van der Waals surface area contributed by atoms with Crippen LogP contribution in [0.25, 0.3) is 232 Å². The monoisotopic (exact) mass is 1810 g/mol. The Labute approximate surface area is 803 Å². The fourth-order valence-corrected chi connectivity index (χ4v) is 19.8. The summed E-state index contributed by atoms with van der Waals surface area (Å²) in [6.07, 6.45) is 3.70. The molecule has 0 atom stereocenters.